The van der Waals surface area contributed by atoms with Crippen LogP contribution in [0.15, 0.2) is 15.9 Å². The lowest BCUT2D eigenvalue weighted by molar-refractivity contribution is -0.143. The van der Waals surface area contributed by atoms with E-state index < -0.39 is 29.2 Å². The van der Waals surface area contributed by atoms with Crippen molar-refractivity contribution in [2.24, 2.45) is 20.0 Å². The van der Waals surface area contributed by atoms with E-state index in [9.17, 15) is 19.2 Å². The number of amides is 1. The van der Waals surface area contributed by atoms with Gasteiger partial charge in [-0.3, -0.25) is 18.7 Å². The monoisotopic (exact) mass is 351 g/mol. The summed E-state index contributed by atoms with van der Waals surface area (Å²) in [5.41, 5.74) is -0.529. The van der Waals surface area contributed by atoms with Crippen molar-refractivity contribution in [1.29, 1.82) is 0 Å². The molecule has 2 aromatic rings. The quantitative estimate of drug-likeness (QED) is 0.690. The van der Waals surface area contributed by atoms with Crippen LogP contribution in [0.5, 0.6) is 0 Å². The van der Waals surface area contributed by atoms with Crippen LogP contribution in [-0.2, 0) is 30.2 Å². The molecule has 2 rings (SSSR count). The molecule has 0 radical (unpaired) electrons. The van der Waals surface area contributed by atoms with E-state index in [1.807, 2.05) is 0 Å². The number of carboxylic acid groups (broad SMARTS) is 1. The molecular formula is C15H21N5O5. The van der Waals surface area contributed by atoms with Gasteiger partial charge in [0.15, 0.2) is 11.2 Å². The highest BCUT2D eigenvalue weighted by Gasteiger charge is 2.23. The van der Waals surface area contributed by atoms with Crippen molar-refractivity contribution in [2.45, 2.75) is 32.9 Å². The molecule has 0 aliphatic heterocycles. The van der Waals surface area contributed by atoms with E-state index in [4.69, 9.17) is 5.11 Å². The topological polar surface area (TPSA) is 128 Å². The number of nitrogens with one attached hydrogen (secondary N) is 1. The molecule has 0 aliphatic carbocycles. The number of hydrogen-bond donors (Lipinski definition) is 2. The molecule has 1 atom stereocenters. The van der Waals surface area contributed by atoms with E-state index in [-0.39, 0.29) is 30.0 Å². The number of aliphatic carboxylic acids is 1. The minimum Gasteiger partial charge on any atom is -0.480 e. The van der Waals surface area contributed by atoms with Crippen LogP contribution in [0, 0.1) is 5.92 Å². The number of aryl methyl sites for hydroxylation is 2. The van der Waals surface area contributed by atoms with Crippen molar-refractivity contribution in [3.05, 3.63) is 27.2 Å². The van der Waals surface area contributed by atoms with Crippen molar-refractivity contribution in [3.63, 3.8) is 0 Å². The molecule has 2 N–H and O–H groups in total. The fourth-order valence-electron chi connectivity index (χ4n) is 2.55. The molecule has 136 valence electrons. The maximum absolute atomic E-state index is 12.3. The molecule has 0 bridgehead atoms. The molecule has 2 heterocycles. The second-order valence-electron chi connectivity index (χ2n) is 6.19. The molecule has 0 saturated heterocycles. The molecule has 0 aromatic carbocycles. The first-order valence-electron chi connectivity index (χ1n) is 7.78. The van der Waals surface area contributed by atoms with Gasteiger partial charge in [-0.15, -0.1) is 0 Å². The zero-order valence-corrected chi connectivity index (χ0v) is 14.5. The smallest absolute Gasteiger partial charge is 0.332 e. The van der Waals surface area contributed by atoms with E-state index in [0.717, 1.165) is 4.57 Å². The number of carbonyl (C=O) groups is 2. The highest BCUT2D eigenvalue weighted by Crippen LogP contribution is 2.07. The van der Waals surface area contributed by atoms with Crippen LogP contribution in [0.2, 0.25) is 0 Å². The van der Waals surface area contributed by atoms with E-state index in [1.165, 1.54) is 29.6 Å². The summed E-state index contributed by atoms with van der Waals surface area (Å²) in [7, 11) is 2.88. The third-order valence-corrected chi connectivity index (χ3v) is 4.05. The molecule has 10 nitrogen and oxygen atoms in total. The second kappa shape index (κ2) is 6.91. The molecule has 0 fully saturated rings. The van der Waals surface area contributed by atoms with Crippen LogP contribution >= 0.6 is 0 Å². The van der Waals surface area contributed by atoms with Crippen molar-refractivity contribution in [2.75, 3.05) is 0 Å². The summed E-state index contributed by atoms with van der Waals surface area (Å²) in [5.74, 6) is -1.79. The maximum Gasteiger partial charge on any atom is 0.332 e. The van der Waals surface area contributed by atoms with Crippen LogP contribution in [0.1, 0.15) is 20.3 Å². The minimum atomic E-state index is -1.10. The van der Waals surface area contributed by atoms with Crippen LogP contribution in [-0.4, -0.2) is 41.7 Å². The Labute approximate surface area is 142 Å². The van der Waals surface area contributed by atoms with Crippen molar-refractivity contribution in [3.8, 4) is 0 Å². The fraction of sp³-hybridized carbons (Fsp3) is 0.533. The molecule has 0 aliphatic rings. The molecule has 0 saturated carbocycles. The Morgan fingerprint density at radius 1 is 1.24 bits per heavy atom. The maximum atomic E-state index is 12.3. The van der Waals surface area contributed by atoms with Gasteiger partial charge < -0.3 is 15.0 Å². The van der Waals surface area contributed by atoms with Crippen LogP contribution < -0.4 is 16.6 Å². The molecule has 25 heavy (non-hydrogen) atoms. The Morgan fingerprint density at radius 2 is 1.88 bits per heavy atom. The molecular weight excluding hydrogens is 330 g/mol. The van der Waals surface area contributed by atoms with E-state index in [0.29, 0.717) is 0 Å². The molecule has 1 amide bonds. The van der Waals surface area contributed by atoms with Gasteiger partial charge in [0.1, 0.15) is 6.04 Å². The van der Waals surface area contributed by atoms with E-state index in [2.05, 4.69) is 10.3 Å². The van der Waals surface area contributed by atoms with E-state index in [1.54, 1.807) is 13.8 Å². The van der Waals surface area contributed by atoms with Gasteiger partial charge in [0, 0.05) is 27.1 Å². The summed E-state index contributed by atoms with van der Waals surface area (Å²) in [4.78, 5) is 51.4. The third-order valence-electron chi connectivity index (χ3n) is 4.05. The summed E-state index contributed by atoms with van der Waals surface area (Å²) in [5, 5.41) is 11.6. The molecule has 2 aromatic heterocycles. The first-order chi connectivity index (χ1) is 11.6. The third kappa shape index (κ3) is 3.47. The van der Waals surface area contributed by atoms with Crippen molar-refractivity contribution < 1.29 is 14.7 Å². The zero-order valence-electron chi connectivity index (χ0n) is 14.5. The number of carbonyl (C=O) groups excluding carboxylic acids is 1. The Bertz CT molecular complexity index is 936. The van der Waals surface area contributed by atoms with Gasteiger partial charge in [0.2, 0.25) is 5.91 Å². The lowest BCUT2D eigenvalue weighted by Gasteiger charge is -2.17. The lowest BCUT2D eigenvalue weighted by atomic mass is 10.0. The van der Waals surface area contributed by atoms with E-state index >= 15 is 0 Å². The Hall–Kier alpha value is -2.91. The number of rotatable bonds is 6. The first-order valence-corrected chi connectivity index (χ1v) is 7.78. The Balaban J connectivity index is 2.22. The number of fused-ring (bicyclic) bond motifs is 1. The summed E-state index contributed by atoms with van der Waals surface area (Å²) >= 11 is 0. The lowest BCUT2D eigenvalue weighted by Crippen LogP contribution is -2.44. The number of aromatic nitrogens is 4. The second-order valence-corrected chi connectivity index (χ2v) is 6.19. The highest BCUT2D eigenvalue weighted by molar-refractivity contribution is 5.83. The Morgan fingerprint density at radius 3 is 2.44 bits per heavy atom. The summed E-state index contributed by atoms with van der Waals surface area (Å²) in [6.07, 6.45) is 1.36. The summed E-state index contributed by atoms with van der Waals surface area (Å²) < 4.78 is 3.72. The van der Waals surface area contributed by atoms with Gasteiger partial charge in [0.05, 0.1) is 6.33 Å². The number of carboxylic acids is 1. The van der Waals surface area contributed by atoms with Crippen LogP contribution in [0.25, 0.3) is 11.2 Å². The molecule has 10 heteroatoms. The van der Waals surface area contributed by atoms with Gasteiger partial charge in [-0.25, -0.2) is 14.6 Å². The number of nitrogens with zero attached hydrogens (tertiary/aromatic N) is 4. The van der Waals surface area contributed by atoms with Gasteiger partial charge in [-0.05, 0) is 5.92 Å². The zero-order chi connectivity index (χ0) is 18.9. The average molecular weight is 351 g/mol. The van der Waals surface area contributed by atoms with Crippen molar-refractivity contribution in [1.82, 2.24) is 24.0 Å². The van der Waals surface area contributed by atoms with Gasteiger partial charge >= 0.3 is 11.7 Å². The minimum absolute atomic E-state index is 0.0199. The highest BCUT2D eigenvalue weighted by atomic mass is 16.4. The normalized spacial score (nSPS) is 12.5. The predicted octanol–water partition coefficient (Wildman–Crippen LogP) is -0.951. The average Bonchev–Trinajstić information content (AvgIpc) is 2.97. The predicted molar refractivity (Wildman–Crippen MR) is 89.2 cm³/mol. The van der Waals surface area contributed by atoms with Gasteiger partial charge in [0.25, 0.3) is 5.56 Å². The number of hydrogen-bond acceptors (Lipinski definition) is 5. The number of imidazole rings is 1. The molecule has 0 spiro atoms. The first kappa shape index (κ1) is 18.4. The summed E-state index contributed by atoms with van der Waals surface area (Å²) in [6.45, 7) is 3.54. The SMILES string of the molecule is CC(C)[C@@H](NC(=O)CCn1cnc2c1c(=O)n(C)c(=O)n2C)C(=O)O. The van der Waals surface area contributed by atoms with Gasteiger partial charge in [-0.2, -0.15) is 0 Å². The molecule has 0 unspecified atom stereocenters. The standard InChI is InChI=1S/C15H21N5O5/c1-8(2)10(14(23)24)17-9(21)5-6-20-7-16-12-11(20)13(22)19(4)15(25)18(12)3/h7-8,10H,5-6H2,1-4H3,(H,17,21)(H,23,24)/t10-/m1/s1. The Kier molecular flexibility index (Phi) is 5.10. The largest absolute Gasteiger partial charge is 0.480 e. The van der Waals surface area contributed by atoms with Crippen LogP contribution in [0.3, 0.4) is 0 Å². The van der Waals surface area contributed by atoms with Crippen LogP contribution in [0.4, 0.5) is 0 Å². The summed E-state index contributed by atoms with van der Waals surface area (Å²) in [6, 6.07) is -0.972. The van der Waals surface area contributed by atoms with Crippen molar-refractivity contribution >= 4 is 23.0 Å². The fourth-order valence-corrected chi connectivity index (χ4v) is 2.55. The van der Waals surface area contributed by atoms with Gasteiger partial charge in [-0.1, -0.05) is 13.8 Å².